The molecule has 1 aliphatic rings. The van der Waals surface area contributed by atoms with E-state index in [0.29, 0.717) is 17.0 Å². The Morgan fingerprint density at radius 2 is 2.12 bits per heavy atom. The van der Waals surface area contributed by atoms with Gasteiger partial charge in [0, 0.05) is 23.6 Å². The number of aromatic hydroxyl groups is 1. The van der Waals surface area contributed by atoms with E-state index >= 15 is 0 Å². The minimum atomic E-state index is -1.65. The van der Waals surface area contributed by atoms with E-state index in [4.69, 9.17) is 0 Å². The maximum atomic E-state index is 11.9. The highest BCUT2D eigenvalue weighted by atomic mass is 32.2. The molecule has 0 aliphatic carbocycles. The molecule has 3 rings (SSSR count). The maximum Gasteiger partial charge on any atom is 0.257 e. The summed E-state index contributed by atoms with van der Waals surface area (Å²) in [6.45, 7) is 5.15. The van der Waals surface area contributed by atoms with Crippen LogP contribution in [0.3, 0.4) is 0 Å². The molecular formula is C17H19N3O3S. The number of phenolic OH excluding ortho intramolecular Hbond substituents is 1. The van der Waals surface area contributed by atoms with Crippen molar-refractivity contribution in [2.24, 2.45) is 5.92 Å². The van der Waals surface area contributed by atoms with E-state index in [1.165, 1.54) is 6.08 Å². The quantitative estimate of drug-likeness (QED) is 0.774. The number of carbonyl (C=O) groups excluding carboxylic acids is 1. The summed E-state index contributed by atoms with van der Waals surface area (Å²) in [6.07, 6.45) is 2.28. The fourth-order valence-electron chi connectivity index (χ4n) is 2.47. The fraction of sp³-hybridized carbons (Fsp3) is 0.294. The van der Waals surface area contributed by atoms with Crippen molar-refractivity contribution >= 4 is 38.5 Å². The largest absolute Gasteiger partial charge is 0.507 e. The smallest absolute Gasteiger partial charge is 0.257 e. The Balaban J connectivity index is 1.94. The number of phenols is 1. The van der Waals surface area contributed by atoms with Crippen molar-refractivity contribution in [2.75, 3.05) is 11.9 Å². The van der Waals surface area contributed by atoms with Gasteiger partial charge in [0.2, 0.25) is 0 Å². The molecule has 0 spiro atoms. The number of pyridine rings is 1. The molecule has 1 amide bonds. The summed E-state index contributed by atoms with van der Waals surface area (Å²) < 4.78 is 14.2. The van der Waals surface area contributed by atoms with E-state index in [9.17, 15) is 14.1 Å². The summed E-state index contributed by atoms with van der Waals surface area (Å²) in [6, 6.07) is 6.95. The number of hydrogen-bond acceptors (Lipinski definition) is 5. The predicted octanol–water partition coefficient (Wildman–Crippen LogP) is 2.53. The second-order valence-corrected chi connectivity index (χ2v) is 7.29. The monoisotopic (exact) mass is 345 g/mol. The third-order valence-corrected chi connectivity index (χ3v) is 4.88. The Morgan fingerprint density at radius 3 is 2.79 bits per heavy atom. The molecule has 0 fully saturated rings. The van der Waals surface area contributed by atoms with Crippen LogP contribution in [0.4, 0.5) is 5.82 Å². The zero-order valence-corrected chi connectivity index (χ0v) is 14.3. The van der Waals surface area contributed by atoms with Gasteiger partial charge in [-0.05, 0) is 36.6 Å². The van der Waals surface area contributed by atoms with Crippen molar-refractivity contribution in [2.45, 2.75) is 20.3 Å². The van der Waals surface area contributed by atoms with Crippen LogP contribution in [0.25, 0.3) is 15.8 Å². The van der Waals surface area contributed by atoms with Gasteiger partial charge >= 0.3 is 0 Å². The summed E-state index contributed by atoms with van der Waals surface area (Å²) in [5.41, 5.74) is 1.01. The van der Waals surface area contributed by atoms with Crippen LogP contribution in [-0.2, 0) is 15.8 Å². The van der Waals surface area contributed by atoms with E-state index < -0.39 is 16.9 Å². The molecule has 6 nitrogen and oxygen atoms in total. The van der Waals surface area contributed by atoms with Crippen LogP contribution in [0.2, 0.25) is 0 Å². The molecular weight excluding hydrogens is 326 g/mol. The minimum absolute atomic E-state index is 0.0269. The summed E-state index contributed by atoms with van der Waals surface area (Å²) in [7, 11) is -1.65. The van der Waals surface area contributed by atoms with Gasteiger partial charge in [0.1, 0.15) is 11.6 Å². The zero-order valence-electron chi connectivity index (χ0n) is 13.5. The first-order chi connectivity index (χ1) is 11.4. The lowest BCUT2D eigenvalue weighted by atomic mass is 10.1. The lowest BCUT2D eigenvalue weighted by molar-refractivity contribution is -0.114. The summed E-state index contributed by atoms with van der Waals surface area (Å²) >= 11 is 0. The number of nitrogens with zero attached hydrogens (tertiary/aromatic N) is 1. The normalized spacial score (nSPS) is 17.2. The highest BCUT2D eigenvalue weighted by molar-refractivity contribution is 7.94. The molecule has 0 bridgehead atoms. The van der Waals surface area contributed by atoms with Crippen molar-refractivity contribution in [1.82, 2.24) is 9.71 Å². The predicted molar refractivity (Wildman–Crippen MR) is 95.6 cm³/mol. The average Bonchev–Trinajstić information content (AvgIpc) is 2.85. The van der Waals surface area contributed by atoms with Crippen LogP contribution in [-0.4, -0.2) is 26.8 Å². The third kappa shape index (κ3) is 3.41. The van der Waals surface area contributed by atoms with Gasteiger partial charge in [-0.15, -0.1) is 0 Å². The molecule has 7 heteroatoms. The number of rotatable bonds is 5. The van der Waals surface area contributed by atoms with Crippen LogP contribution < -0.4 is 10.0 Å². The van der Waals surface area contributed by atoms with Gasteiger partial charge < -0.3 is 10.4 Å². The van der Waals surface area contributed by atoms with Gasteiger partial charge in [-0.3, -0.25) is 9.52 Å². The van der Waals surface area contributed by atoms with Crippen molar-refractivity contribution in [3.63, 3.8) is 0 Å². The number of benzene rings is 1. The van der Waals surface area contributed by atoms with Gasteiger partial charge in [-0.1, -0.05) is 13.8 Å². The van der Waals surface area contributed by atoms with Crippen LogP contribution in [0.5, 0.6) is 5.75 Å². The number of aromatic nitrogens is 1. The molecule has 1 aromatic carbocycles. The minimum Gasteiger partial charge on any atom is -0.507 e. The van der Waals surface area contributed by atoms with Crippen molar-refractivity contribution in [1.29, 1.82) is 0 Å². The molecule has 126 valence electrons. The Bertz CT molecular complexity index is 862. The number of nitrogens with one attached hydrogen (secondary N) is 2. The van der Waals surface area contributed by atoms with E-state index in [1.807, 2.05) is 12.1 Å². The zero-order chi connectivity index (χ0) is 17.3. The molecule has 3 N–H and O–H groups in total. The lowest BCUT2D eigenvalue weighted by Gasteiger charge is -2.10. The first kappa shape index (κ1) is 16.4. The van der Waals surface area contributed by atoms with Gasteiger partial charge in [0.05, 0.1) is 10.4 Å². The highest BCUT2D eigenvalue weighted by Crippen LogP contribution is 2.33. The Hall–Kier alpha value is -2.41. The molecule has 2 heterocycles. The summed E-state index contributed by atoms with van der Waals surface area (Å²) in [4.78, 5) is 16.2. The molecule has 24 heavy (non-hydrogen) atoms. The molecule has 2 aromatic rings. The van der Waals surface area contributed by atoms with Crippen molar-refractivity contribution in [3.8, 4) is 5.75 Å². The van der Waals surface area contributed by atoms with Crippen LogP contribution >= 0.6 is 0 Å². The number of amides is 1. The average molecular weight is 345 g/mol. The second-order valence-electron chi connectivity index (χ2n) is 6.11. The van der Waals surface area contributed by atoms with E-state index in [0.717, 1.165) is 24.2 Å². The first-order valence-corrected chi connectivity index (χ1v) is 8.91. The Kier molecular flexibility index (Phi) is 4.53. The second kappa shape index (κ2) is 6.60. The van der Waals surface area contributed by atoms with E-state index in [1.54, 1.807) is 12.1 Å². The van der Waals surface area contributed by atoms with E-state index in [2.05, 4.69) is 28.9 Å². The van der Waals surface area contributed by atoms with Gasteiger partial charge in [0.25, 0.3) is 5.91 Å². The molecule has 0 saturated heterocycles. The molecule has 1 aliphatic heterocycles. The Labute approximate surface area is 142 Å². The van der Waals surface area contributed by atoms with Gasteiger partial charge in [-0.2, -0.15) is 0 Å². The van der Waals surface area contributed by atoms with Crippen LogP contribution in [0, 0.1) is 5.92 Å². The number of carbonyl (C=O) groups is 1. The van der Waals surface area contributed by atoms with Crippen molar-refractivity contribution < 1.29 is 14.1 Å². The van der Waals surface area contributed by atoms with Gasteiger partial charge in [-0.25, -0.2) is 9.19 Å². The van der Waals surface area contributed by atoms with E-state index in [-0.39, 0.29) is 10.7 Å². The topological polar surface area (TPSA) is 91.3 Å². The fourth-order valence-corrected chi connectivity index (χ4v) is 3.40. The lowest BCUT2D eigenvalue weighted by Crippen LogP contribution is -2.16. The first-order valence-electron chi connectivity index (χ1n) is 7.76. The Morgan fingerprint density at radius 1 is 1.33 bits per heavy atom. The number of hydrogen-bond donors (Lipinski definition) is 3. The molecule has 1 atom stereocenters. The molecule has 1 unspecified atom stereocenters. The SMILES string of the molecule is CC(C)CCNc1ccc2cc(O)c(C3=CC(=O)NS3=O)cc2n1. The molecule has 1 aromatic heterocycles. The highest BCUT2D eigenvalue weighted by Gasteiger charge is 2.23. The summed E-state index contributed by atoms with van der Waals surface area (Å²) in [5.74, 6) is 0.896. The standard InChI is InChI=1S/C17H19N3O3S/c1-10(2)5-6-18-16-4-3-11-7-14(21)12(8-13(11)19-16)15-9-17(22)20-24(15)23/h3-4,7-10,21H,5-6H2,1-2H3,(H,18,19)(H,20,22). The maximum absolute atomic E-state index is 11.9. The third-order valence-electron chi connectivity index (χ3n) is 3.76. The number of fused-ring (bicyclic) bond motifs is 1. The van der Waals surface area contributed by atoms with Crippen molar-refractivity contribution in [3.05, 3.63) is 35.9 Å². The van der Waals surface area contributed by atoms with Crippen LogP contribution in [0.15, 0.2) is 30.3 Å². The summed E-state index contributed by atoms with van der Waals surface area (Å²) in [5, 5.41) is 14.2. The molecule has 0 radical (unpaired) electrons. The van der Waals surface area contributed by atoms with Gasteiger partial charge in [0.15, 0.2) is 11.0 Å². The molecule has 0 saturated carbocycles. The number of anilines is 1. The van der Waals surface area contributed by atoms with Crippen LogP contribution in [0.1, 0.15) is 25.8 Å².